The Labute approximate surface area is 104 Å². The highest BCUT2D eigenvalue weighted by atomic mass is 16.6. The zero-order valence-electron chi connectivity index (χ0n) is 11.7. The van der Waals surface area contributed by atoms with Crippen LogP contribution in [0.25, 0.3) is 0 Å². The van der Waals surface area contributed by atoms with Gasteiger partial charge in [0.25, 0.3) is 0 Å². The Hall–Kier alpha value is -0.770. The second-order valence-corrected chi connectivity index (χ2v) is 6.55. The molecule has 0 bridgehead atoms. The third-order valence-corrected chi connectivity index (χ3v) is 3.15. The number of ether oxygens (including phenoxy) is 1. The molecule has 1 fully saturated rings. The lowest BCUT2D eigenvalue weighted by molar-refractivity contribution is 0.0131. The van der Waals surface area contributed by atoms with Crippen molar-refractivity contribution < 1.29 is 9.53 Å². The smallest absolute Gasteiger partial charge is 0.410 e. The number of carbonyl (C=O) groups excluding carboxylic acids is 1. The van der Waals surface area contributed by atoms with Gasteiger partial charge in [-0.3, -0.25) is 0 Å². The molecule has 0 aromatic carbocycles. The molecule has 0 aromatic heterocycles. The van der Waals surface area contributed by atoms with Crippen LogP contribution in [-0.2, 0) is 4.74 Å². The molecule has 1 aliphatic rings. The van der Waals surface area contributed by atoms with Gasteiger partial charge in [0.2, 0.25) is 0 Å². The lowest BCUT2D eigenvalue weighted by Gasteiger charge is -2.33. The molecule has 1 aliphatic heterocycles. The Kier molecular flexibility index (Phi) is 4.07. The van der Waals surface area contributed by atoms with Crippen LogP contribution in [0.5, 0.6) is 0 Å². The summed E-state index contributed by atoms with van der Waals surface area (Å²) in [5, 5.41) is 0. The average Bonchev–Trinajstić information content (AvgIpc) is 2.38. The van der Waals surface area contributed by atoms with E-state index >= 15 is 0 Å². The molecule has 4 heteroatoms. The molecule has 1 rings (SSSR count). The maximum absolute atomic E-state index is 12.1. The number of amides is 1. The van der Waals surface area contributed by atoms with E-state index in [0.717, 1.165) is 19.4 Å². The van der Waals surface area contributed by atoms with E-state index in [1.54, 1.807) is 0 Å². The number of nitrogens with two attached hydrogens (primary N) is 1. The molecule has 0 aliphatic carbocycles. The quantitative estimate of drug-likeness (QED) is 0.808. The van der Waals surface area contributed by atoms with Crippen molar-refractivity contribution in [1.82, 2.24) is 4.90 Å². The van der Waals surface area contributed by atoms with Crippen molar-refractivity contribution in [3.63, 3.8) is 0 Å². The Morgan fingerprint density at radius 3 is 2.53 bits per heavy atom. The molecule has 100 valence electrons. The van der Waals surface area contributed by atoms with Gasteiger partial charge in [-0.25, -0.2) is 4.79 Å². The summed E-state index contributed by atoms with van der Waals surface area (Å²) in [6.45, 7) is 11.3. The number of rotatable bonds is 2. The maximum Gasteiger partial charge on any atom is 0.410 e. The van der Waals surface area contributed by atoms with Gasteiger partial charge in [-0.15, -0.1) is 0 Å². The molecular weight excluding hydrogens is 216 g/mol. The van der Waals surface area contributed by atoms with Gasteiger partial charge in [0.15, 0.2) is 0 Å². The molecule has 0 saturated carbocycles. The van der Waals surface area contributed by atoms with Gasteiger partial charge in [0.1, 0.15) is 5.60 Å². The van der Waals surface area contributed by atoms with E-state index in [1.165, 1.54) is 0 Å². The van der Waals surface area contributed by atoms with Crippen molar-refractivity contribution in [2.75, 3.05) is 13.1 Å². The number of carbonyl (C=O) groups is 1. The minimum absolute atomic E-state index is 0.123. The predicted octanol–water partition coefficient (Wildman–Crippen LogP) is 2.37. The number of hydrogen-bond donors (Lipinski definition) is 1. The van der Waals surface area contributed by atoms with Crippen LogP contribution in [0.4, 0.5) is 4.79 Å². The van der Waals surface area contributed by atoms with Crippen LogP contribution in [0.15, 0.2) is 0 Å². The molecule has 0 spiro atoms. The van der Waals surface area contributed by atoms with E-state index in [-0.39, 0.29) is 11.6 Å². The lowest BCUT2D eigenvalue weighted by atomic mass is 9.94. The first-order chi connectivity index (χ1) is 7.65. The van der Waals surface area contributed by atoms with Crippen molar-refractivity contribution in [2.24, 2.45) is 11.7 Å². The molecule has 1 amide bonds. The van der Waals surface area contributed by atoms with Crippen molar-refractivity contribution in [3.8, 4) is 0 Å². The molecule has 1 atom stereocenters. The fourth-order valence-corrected chi connectivity index (χ4v) is 2.45. The lowest BCUT2D eigenvalue weighted by Crippen LogP contribution is -2.45. The van der Waals surface area contributed by atoms with Gasteiger partial charge < -0.3 is 15.4 Å². The highest BCUT2D eigenvalue weighted by Gasteiger charge is 2.42. The summed E-state index contributed by atoms with van der Waals surface area (Å²) in [6.07, 6.45) is 1.77. The third-order valence-electron chi connectivity index (χ3n) is 3.15. The van der Waals surface area contributed by atoms with Crippen LogP contribution in [0.1, 0.15) is 47.5 Å². The summed E-state index contributed by atoms with van der Waals surface area (Å²) in [5.41, 5.74) is 5.03. The van der Waals surface area contributed by atoms with Crippen LogP contribution in [0.3, 0.4) is 0 Å². The second kappa shape index (κ2) is 4.84. The topological polar surface area (TPSA) is 55.6 Å². The Morgan fingerprint density at radius 2 is 2.06 bits per heavy atom. The fourth-order valence-electron chi connectivity index (χ4n) is 2.45. The van der Waals surface area contributed by atoms with Gasteiger partial charge in [-0.05, 0) is 59.9 Å². The molecule has 0 aromatic rings. The highest BCUT2D eigenvalue weighted by Crippen LogP contribution is 2.35. The largest absolute Gasteiger partial charge is 0.444 e. The standard InChI is InChI=1S/C13H26N2O2/c1-12(2,3)17-11(16)15-9-10(6-7-14)8-13(15,4)5/h10H,6-9,14H2,1-5H3/t10-/m0/s1. The van der Waals surface area contributed by atoms with Crippen molar-refractivity contribution in [2.45, 2.75) is 58.6 Å². The number of likely N-dealkylation sites (tertiary alicyclic amines) is 1. The van der Waals surface area contributed by atoms with Crippen molar-refractivity contribution >= 4 is 6.09 Å². The zero-order chi connectivity index (χ0) is 13.3. The van der Waals surface area contributed by atoms with Crippen LogP contribution >= 0.6 is 0 Å². The summed E-state index contributed by atoms with van der Waals surface area (Å²) >= 11 is 0. The monoisotopic (exact) mass is 242 g/mol. The van der Waals surface area contributed by atoms with Gasteiger partial charge in [-0.1, -0.05) is 0 Å². The first-order valence-corrected chi connectivity index (χ1v) is 6.36. The van der Waals surface area contributed by atoms with E-state index in [4.69, 9.17) is 10.5 Å². The van der Waals surface area contributed by atoms with Gasteiger partial charge in [0, 0.05) is 12.1 Å². The van der Waals surface area contributed by atoms with E-state index in [0.29, 0.717) is 12.5 Å². The maximum atomic E-state index is 12.1. The van der Waals surface area contributed by atoms with E-state index in [1.807, 2.05) is 25.7 Å². The molecule has 1 heterocycles. The van der Waals surface area contributed by atoms with Crippen LogP contribution in [0.2, 0.25) is 0 Å². The van der Waals surface area contributed by atoms with E-state index in [2.05, 4.69) is 13.8 Å². The average molecular weight is 242 g/mol. The van der Waals surface area contributed by atoms with Crippen LogP contribution < -0.4 is 5.73 Å². The highest BCUT2D eigenvalue weighted by molar-refractivity contribution is 5.69. The molecular formula is C13H26N2O2. The van der Waals surface area contributed by atoms with Gasteiger partial charge >= 0.3 is 6.09 Å². The summed E-state index contributed by atoms with van der Waals surface area (Å²) in [5.74, 6) is 0.502. The minimum Gasteiger partial charge on any atom is -0.444 e. The normalized spacial score (nSPS) is 23.9. The first-order valence-electron chi connectivity index (χ1n) is 6.36. The van der Waals surface area contributed by atoms with Crippen LogP contribution in [-0.4, -0.2) is 35.2 Å². The number of nitrogens with zero attached hydrogens (tertiary/aromatic N) is 1. The third kappa shape index (κ3) is 3.87. The molecule has 1 saturated heterocycles. The summed E-state index contributed by atoms with van der Waals surface area (Å²) in [6, 6.07) is 0. The predicted molar refractivity (Wildman–Crippen MR) is 68.8 cm³/mol. The molecule has 17 heavy (non-hydrogen) atoms. The van der Waals surface area contributed by atoms with E-state index in [9.17, 15) is 4.79 Å². The zero-order valence-corrected chi connectivity index (χ0v) is 11.7. The molecule has 0 radical (unpaired) electrons. The first kappa shape index (κ1) is 14.3. The Morgan fingerprint density at radius 1 is 1.47 bits per heavy atom. The van der Waals surface area contributed by atoms with Crippen LogP contribution in [0, 0.1) is 5.92 Å². The van der Waals surface area contributed by atoms with Gasteiger partial charge in [0.05, 0.1) is 0 Å². The summed E-state index contributed by atoms with van der Waals surface area (Å²) in [4.78, 5) is 13.9. The van der Waals surface area contributed by atoms with E-state index < -0.39 is 5.60 Å². The Balaban J connectivity index is 2.67. The second-order valence-electron chi connectivity index (χ2n) is 6.55. The van der Waals surface area contributed by atoms with Crippen molar-refractivity contribution in [1.29, 1.82) is 0 Å². The summed E-state index contributed by atoms with van der Waals surface area (Å²) < 4.78 is 5.44. The number of hydrogen-bond acceptors (Lipinski definition) is 3. The fraction of sp³-hybridized carbons (Fsp3) is 0.923. The minimum atomic E-state index is -0.431. The SMILES string of the molecule is CC(C)(C)OC(=O)N1C[C@@H](CCN)CC1(C)C. The van der Waals surface area contributed by atoms with Gasteiger partial charge in [-0.2, -0.15) is 0 Å². The Bertz CT molecular complexity index is 282. The molecule has 0 unspecified atom stereocenters. The summed E-state index contributed by atoms with van der Waals surface area (Å²) in [7, 11) is 0. The van der Waals surface area contributed by atoms with Crippen molar-refractivity contribution in [3.05, 3.63) is 0 Å². The molecule has 4 nitrogen and oxygen atoms in total. The molecule has 2 N–H and O–H groups in total.